The number of hydrogen-bond donors (Lipinski definition) is 2. The summed E-state index contributed by atoms with van der Waals surface area (Å²) < 4.78 is 0.819. The Morgan fingerprint density at radius 2 is 2.00 bits per heavy atom. The van der Waals surface area contributed by atoms with Gasteiger partial charge in [0.25, 0.3) is 0 Å². The normalized spacial score (nSPS) is 13.7. The number of hydrogen-bond acceptors (Lipinski definition) is 2. The third kappa shape index (κ3) is 6.58. The molecule has 70 valence electrons. The topological polar surface area (TPSA) is 40.5 Å². The Bertz CT molecular complexity index is 173. The van der Waals surface area contributed by atoms with Crippen molar-refractivity contribution < 1.29 is 10.2 Å². The fraction of sp³-hybridized carbons (Fsp3) is 0.556. The minimum absolute atomic E-state index is 0.0583. The molecule has 0 atom stereocenters. The van der Waals surface area contributed by atoms with Crippen molar-refractivity contribution in [2.24, 2.45) is 0 Å². The molecule has 0 saturated carbocycles. The summed E-state index contributed by atoms with van der Waals surface area (Å²) in [6, 6.07) is 0. The van der Waals surface area contributed by atoms with E-state index in [2.05, 4.69) is 15.9 Å². The molecular formula is C9H15BrO2. The first kappa shape index (κ1) is 11.9. The minimum atomic E-state index is 0.0583. The van der Waals surface area contributed by atoms with E-state index in [9.17, 15) is 0 Å². The molecule has 0 aromatic rings. The van der Waals surface area contributed by atoms with Crippen LogP contribution in [0.5, 0.6) is 0 Å². The fourth-order valence-electron chi connectivity index (χ4n) is 0.779. The van der Waals surface area contributed by atoms with E-state index in [1.807, 2.05) is 13.0 Å². The maximum Gasteiger partial charge on any atom is 0.0743 e. The first-order chi connectivity index (χ1) is 5.70. The Balaban J connectivity index is 3.62. The van der Waals surface area contributed by atoms with Crippen LogP contribution in [0.4, 0.5) is 0 Å². The number of halogens is 1. The molecule has 12 heavy (non-hydrogen) atoms. The molecule has 0 heterocycles. The summed E-state index contributed by atoms with van der Waals surface area (Å²) in [6.07, 6.45) is 5.55. The Morgan fingerprint density at radius 1 is 1.33 bits per heavy atom. The molecule has 0 aromatic carbocycles. The van der Waals surface area contributed by atoms with E-state index in [0.717, 1.165) is 17.3 Å². The second-order valence-corrected chi connectivity index (χ2v) is 3.60. The van der Waals surface area contributed by atoms with Gasteiger partial charge in [-0.15, -0.1) is 0 Å². The van der Waals surface area contributed by atoms with Gasteiger partial charge >= 0.3 is 0 Å². The number of aliphatic hydroxyl groups excluding tert-OH is 2. The lowest BCUT2D eigenvalue weighted by molar-refractivity contribution is 0.339. The van der Waals surface area contributed by atoms with Crippen LogP contribution in [0.25, 0.3) is 0 Å². The van der Waals surface area contributed by atoms with Gasteiger partial charge in [-0.2, -0.15) is 0 Å². The molecule has 0 amide bonds. The summed E-state index contributed by atoms with van der Waals surface area (Å²) in [5.41, 5.74) is 1.17. The average Bonchev–Trinajstić information content (AvgIpc) is 2.04. The molecule has 3 heteroatoms. The molecule has 2 N–H and O–H groups in total. The minimum Gasteiger partial charge on any atom is -0.392 e. The smallest absolute Gasteiger partial charge is 0.0743 e. The second-order valence-electron chi connectivity index (χ2n) is 2.58. The molecule has 0 aliphatic carbocycles. The van der Waals surface area contributed by atoms with Crippen LogP contribution in [0.3, 0.4) is 0 Å². The summed E-state index contributed by atoms with van der Waals surface area (Å²) in [4.78, 5) is 0. The lowest BCUT2D eigenvalue weighted by Crippen LogP contribution is -1.83. The highest BCUT2D eigenvalue weighted by Gasteiger charge is 1.89. The Hall–Kier alpha value is -0.120. The van der Waals surface area contributed by atoms with Crippen molar-refractivity contribution in [2.45, 2.75) is 19.8 Å². The van der Waals surface area contributed by atoms with E-state index >= 15 is 0 Å². The van der Waals surface area contributed by atoms with Gasteiger partial charge in [-0.3, -0.25) is 0 Å². The van der Waals surface area contributed by atoms with Gasteiger partial charge in [-0.1, -0.05) is 33.7 Å². The standard InChI is InChI=1S/C9H15BrO2/c1-8(5-6-11)3-2-4-9(10)7-12/h4-5,11-12H,2-3,6-7H2,1H3/b8-5+,9-4+. The summed E-state index contributed by atoms with van der Waals surface area (Å²) in [6.45, 7) is 2.15. The molecular weight excluding hydrogens is 220 g/mol. The molecule has 0 aliphatic rings. The summed E-state index contributed by atoms with van der Waals surface area (Å²) in [7, 11) is 0. The summed E-state index contributed by atoms with van der Waals surface area (Å²) in [5.74, 6) is 0. The number of allylic oxidation sites excluding steroid dienone is 2. The maximum atomic E-state index is 8.63. The van der Waals surface area contributed by atoms with E-state index < -0.39 is 0 Å². The van der Waals surface area contributed by atoms with Crippen LogP contribution >= 0.6 is 15.9 Å². The third-order valence-corrected chi connectivity index (χ3v) is 2.07. The first-order valence-corrected chi connectivity index (χ1v) is 4.72. The summed E-state index contributed by atoms with van der Waals surface area (Å²) in [5, 5.41) is 17.2. The molecule has 0 radical (unpaired) electrons. The van der Waals surface area contributed by atoms with Crippen LogP contribution in [0, 0.1) is 0 Å². The molecule has 2 nitrogen and oxygen atoms in total. The molecule has 0 bridgehead atoms. The molecule has 0 aromatic heterocycles. The maximum absolute atomic E-state index is 8.63. The monoisotopic (exact) mass is 234 g/mol. The summed E-state index contributed by atoms with van der Waals surface area (Å²) >= 11 is 3.21. The van der Waals surface area contributed by atoms with Crippen LogP contribution in [0.1, 0.15) is 19.8 Å². The zero-order valence-electron chi connectivity index (χ0n) is 7.26. The molecule has 0 spiro atoms. The highest BCUT2D eigenvalue weighted by atomic mass is 79.9. The molecule has 0 saturated heterocycles. The van der Waals surface area contributed by atoms with Gasteiger partial charge in [0, 0.05) is 4.48 Å². The van der Waals surface area contributed by atoms with Crippen LogP contribution in [0.15, 0.2) is 22.2 Å². The Kier molecular flexibility index (Phi) is 7.45. The van der Waals surface area contributed by atoms with Gasteiger partial charge in [-0.25, -0.2) is 0 Å². The largest absolute Gasteiger partial charge is 0.392 e. The van der Waals surface area contributed by atoms with Crippen LogP contribution in [-0.2, 0) is 0 Å². The average molecular weight is 235 g/mol. The van der Waals surface area contributed by atoms with Crippen molar-refractivity contribution in [1.29, 1.82) is 0 Å². The molecule has 0 rings (SSSR count). The lowest BCUT2D eigenvalue weighted by atomic mass is 10.1. The van der Waals surface area contributed by atoms with Gasteiger partial charge in [0.05, 0.1) is 13.2 Å². The SMILES string of the molecule is C/C(=C\CO)CC/C=C(/Br)CO. The van der Waals surface area contributed by atoms with E-state index in [0.29, 0.717) is 0 Å². The molecule has 0 aliphatic heterocycles. The Morgan fingerprint density at radius 3 is 2.50 bits per heavy atom. The van der Waals surface area contributed by atoms with Crippen LogP contribution in [-0.4, -0.2) is 23.4 Å². The number of rotatable bonds is 5. The van der Waals surface area contributed by atoms with Crippen molar-refractivity contribution >= 4 is 15.9 Å². The zero-order chi connectivity index (χ0) is 9.40. The highest BCUT2D eigenvalue weighted by Crippen LogP contribution is 2.09. The van der Waals surface area contributed by atoms with Crippen molar-refractivity contribution in [2.75, 3.05) is 13.2 Å². The predicted molar refractivity (Wildman–Crippen MR) is 54.2 cm³/mol. The third-order valence-electron chi connectivity index (χ3n) is 1.50. The predicted octanol–water partition coefficient (Wildman–Crippen LogP) is 1.98. The number of aliphatic hydroxyl groups is 2. The van der Waals surface area contributed by atoms with Gasteiger partial charge < -0.3 is 10.2 Å². The van der Waals surface area contributed by atoms with Crippen molar-refractivity contribution in [3.05, 3.63) is 22.2 Å². The van der Waals surface area contributed by atoms with Crippen molar-refractivity contribution in [3.63, 3.8) is 0 Å². The van der Waals surface area contributed by atoms with Gasteiger partial charge in [-0.05, 0) is 19.8 Å². The van der Waals surface area contributed by atoms with Crippen molar-refractivity contribution in [1.82, 2.24) is 0 Å². The van der Waals surface area contributed by atoms with Crippen LogP contribution in [0.2, 0.25) is 0 Å². The van der Waals surface area contributed by atoms with E-state index in [1.165, 1.54) is 5.57 Å². The van der Waals surface area contributed by atoms with Crippen molar-refractivity contribution in [3.8, 4) is 0 Å². The van der Waals surface area contributed by atoms with Gasteiger partial charge in [0.15, 0.2) is 0 Å². The van der Waals surface area contributed by atoms with Gasteiger partial charge in [0.2, 0.25) is 0 Å². The fourth-order valence-corrected chi connectivity index (χ4v) is 1.01. The van der Waals surface area contributed by atoms with E-state index in [1.54, 1.807) is 6.08 Å². The lowest BCUT2D eigenvalue weighted by Gasteiger charge is -1.97. The molecule has 0 unspecified atom stereocenters. The quantitative estimate of drug-likeness (QED) is 0.715. The Labute approximate surface area is 81.7 Å². The van der Waals surface area contributed by atoms with E-state index in [4.69, 9.17) is 10.2 Å². The molecule has 0 fully saturated rings. The van der Waals surface area contributed by atoms with E-state index in [-0.39, 0.29) is 13.2 Å². The van der Waals surface area contributed by atoms with Crippen LogP contribution < -0.4 is 0 Å². The zero-order valence-corrected chi connectivity index (χ0v) is 8.84. The highest BCUT2D eigenvalue weighted by molar-refractivity contribution is 9.11. The van der Waals surface area contributed by atoms with Gasteiger partial charge in [0.1, 0.15) is 0 Å². The first-order valence-electron chi connectivity index (χ1n) is 3.92. The second kappa shape index (κ2) is 7.53.